The summed E-state index contributed by atoms with van der Waals surface area (Å²) in [5.41, 5.74) is 2.49. The lowest BCUT2D eigenvalue weighted by molar-refractivity contribution is 0.0621. The minimum absolute atomic E-state index is 0.184. The van der Waals surface area contributed by atoms with Crippen molar-refractivity contribution in [1.82, 2.24) is 24.9 Å². The lowest BCUT2D eigenvalue weighted by atomic mass is 9.94. The number of amides is 2. The zero-order valence-electron chi connectivity index (χ0n) is 24.0. The van der Waals surface area contributed by atoms with Crippen molar-refractivity contribution in [2.24, 2.45) is 0 Å². The first-order valence-electron chi connectivity index (χ1n) is 14.5. The number of halogens is 1. The van der Waals surface area contributed by atoms with Crippen molar-refractivity contribution < 1.29 is 18.4 Å². The van der Waals surface area contributed by atoms with Gasteiger partial charge >= 0.3 is 0 Å². The largest absolute Gasteiger partial charge is 0.416 e. The standard InChI is InChI=1S/C34H26FN5O4S/c35-23-15-13-21(14-16-23)20-28-24-8-1-2-9-25(24)33(43)40(38-28)17-5-12-29-36-37-34(44-29)45-19-18-39-31(41)26-10-3-6-22-7-4-11-27(30(22)26)32(39)42/h1-4,6-11,13-16H,5,12,17-20H2. The van der Waals surface area contributed by atoms with Crippen LogP contribution in [0.25, 0.3) is 21.5 Å². The molecule has 224 valence electrons. The van der Waals surface area contributed by atoms with Crippen LogP contribution in [0, 0.1) is 5.82 Å². The van der Waals surface area contributed by atoms with Gasteiger partial charge in [-0.25, -0.2) is 9.07 Å². The van der Waals surface area contributed by atoms with Crippen LogP contribution >= 0.6 is 11.8 Å². The van der Waals surface area contributed by atoms with Gasteiger partial charge in [0, 0.05) is 53.6 Å². The number of carbonyl (C=O) groups is 2. The van der Waals surface area contributed by atoms with Crippen molar-refractivity contribution >= 4 is 45.1 Å². The molecule has 0 spiro atoms. The Morgan fingerprint density at radius 3 is 2.22 bits per heavy atom. The molecule has 0 saturated heterocycles. The molecule has 0 fully saturated rings. The van der Waals surface area contributed by atoms with Gasteiger partial charge in [-0.3, -0.25) is 19.3 Å². The maximum Gasteiger partial charge on any atom is 0.276 e. The van der Waals surface area contributed by atoms with Crippen LogP contribution in [-0.2, 0) is 19.4 Å². The Kier molecular flexibility index (Phi) is 7.68. The smallest absolute Gasteiger partial charge is 0.276 e. The fraction of sp³-hybridized carbons (Fsp3) is 0.176. The number of rotatable bonds is 10. The Bertz CT molecular complexity index is 2090. The first kappa shape index (κ1) is 28.6. The van der Waals surface area contributed by atoms with Crippen molar-refractivity contribution in [1.29, 1.82) is 0 Å². The Hall–Kier alpha value is -5.16. The van der Waals surface area contributed by atoms with E-state index in [0.29, 0.717) is 64.6 Å². The van der Waals surface area contributed by atoms with E-state index in [4.69, 9.17) is 4.42 Å². The summed E-state index contributed by atoms with van der Waals surface area (Å²) in [6.45, 7) is 0.542. The van der Waals surface area contributed by atoms with Gasteiger partial charge in [-0.1, -0.05) is 66.4 Å². The van der Waals surface area contributed by atoms with Gasteiger partial charge in [-0.05, 0) is 47.7 Å². The van der Waals surface area contributed by atoms with Crippen molar-refractivity contribution in [2.45, 2.75) is 31.0 Å². The Labute approximate surface area is 260 Å². The molecule has 3 heterocycles. The van der Waals surface area contributed by atoms with Crippen molar-refractivity contribution in [3.8, 4) is 0 Å². The van der Waals surface area contributed by atoms with E-state index in [1.165, 1.54) is 33.5 Å². The van der Waals surface area contributed by atoms with E-state index < -0.39 is 0 Å². The van der Waals surface area contributed by atoms with Gasteiger partial charge in [-0.15, -0.1) is 10.2 Å². The molecular weight excluding hydrogens is 593 g/mol. The van der Waals surface area contributed by atoms with E-state index in [-0.39, 0.29) is 29.7 Å². The second-order valence-electron chi connectivity index (χ2n) is 10.7. The molecule has 0 unspecified atom stereocenters. The predicted octanol–water partition coefficient (Wildman–Crippen LogP) is 5.68. The highest BCUT2D eigenvalue weighted by molar-refractivity contribution is 7.99. The number of aryl methyl sites for hydroxylation is 2. The molecule has 0 aliphatic carbocycles. The average Bonchev–Trinajstić information content (AvgIpc) is 3.52. The first-order valence-corrected chi connectivity index (χ1v) is 15.5. The van der Waals surface area contributed by atoms with Crippen LogP contribution in [0.3, 0.4) is 0 Å². The number of hydrogen-bond donors (Lipinski definition) is 0. The van der Waals surface area contributed by atoms with E-state index in [1.807, 2.05) is 42.5 Å². The minimum atomic E-state index is -0.311. The maximum atomic E-state index is 13.4. The molecule has 2 aromatic heterocycles. The zero-order valence-corrected chi connectivity index (χ0v) is 24.8. The lowest BCUT2D eigenvalue weighted by Gasteiger charge is -2.26. The second kappa shape index (κ2) is 12.1. The quantitative estimate of drug-likeness (QED) is 0.142. The third kappa shape index (κ3) is 5.62. The van der Waals surface area contributed by atoms with E-state index in [0.717, 1.165) is 22.0 Å². The summed E-state index contributed by atoms with van der Waals surface area (Å²) in [6, 6.07) is 24.5. The molecule has 0 bridgehead atoms. The summed E-state index contributed by atoms with van der Waals surface area (Å²) in [5.74, 6) is -0.113. The van der Waals surface area contributed by atoms with Gasteiger partial charge in [0.25, 0.3) is 22.6 Å². The van der Waals surface area contributed by atoms with E-state index in [2.05, 4.69) is 15.3 Å². The fourth-order valence-corrected chi connectivity index (χ4v) is 6.37. The molecule has 0 N–H and O–H groups in total. The van der Waals surface area contributed by atoms with Gasteiger partial charge in [-0.2, -0.15) is 5.10 Å². The number of hydrogen-bond acceptors (Lipinski definition) is 8. The van der Waals surface area contributed by atoms with Crippen molar-refractivity contribution in [3.63, 3.8) is 0 Å². The molecule has 2 amide bonds. The molecule has 0 atom stereocenters. The summed E-state index contributed by atoms with van der Waals surface area (Å²) >= 11 is 1.27. The van der Waals surface area contributed by atoms with E-state index >= 15 is 0 Å². The molecule has 7 rings (SSSR count). The SMILES string of the molecule is O=C1c2cccc3cccc(c23)C(=O)N1CCSc1nnc(CCCn2nc(Cc3ccc(F)cc3)c3ccccc3c2=O)o1. The van der Waals surface area contributed by atoms with Crippen LogP contribution in [0.5, 0.6) is 0 Å². The molecule has 9 nitrogen and oxygen atoms in total. The second-order valence-corrected chi connectivity index (χ2v) is 11.8. The predicted molar refractivity (Wildman–Crippen MR) is 168 cm³/mol. The Morgan fingerprint density at radius 2 is 1.49 bits per heavy atom. The van der Waals surface area contributed by atoms with Crippen LogP contribution in [-0.4, -0.2) is 49.0 Å². The summed E-state index contributed by atoms with van der Waals surface area (Å²) in [4.78, 5) is 40.7. The fourth-order valence-electron chi connectivity index (χ4n) is 5.67. The maximum absolute atomic E-state index is 13.4. The highest BCUT2D eigenvalue weighted by Gasteiger charge is 2.32. The van der Waals surface area contributed by atoms with Gasteiger partial charge in [0.15, 0.2) is 0 Å². The first-order chi connectivity index (χ1) is 22.0. The van der Waals surface area contributed by atoms with Crippen molar-refractivity contribution in [2.75, 3.05) is 12.3 Å². The molecule has 6 aromatic rings. The van der Waals surface area contributed by atoms with E-state index in [1.54, 1.807) is 30.3 Å². The number of thioether (sulfide) groups is 1. The highest BCUT2D eigenvalue weighted by atomic mass is 32.2. The molecule has 4 aromatic carbocycles. The normalized spacial score (nSPS) is 12.9. The van der Waals surface area contributed by atoms with Gasteiger partial charge in [0.2, 0.25) is 5.89 Å². The molecule has 11 heteroatoms. The van der Waals surface area contributed by atoms with Gasteiger partial charge in [0.05, 0.1) is 11.1 Å². The lowest BCUT2D eigenvalue weighted by Crippen LogP contribution is -2.41. The number of imide groups is 1. The van der Waals surface area contributed by atoms with Crippen molar-refractivity contribution in [3.05, 3.63) is 129 Å². The monoisotopic (exact) mass is 619 g/mol. The van der Waals surface area contributed by atoms with Gasteiger partial charge in [0.1, 0.15) is 5.82 Å². The Morgan fingerprint density at radius 1 is 0.778 bits per heavy atom. The summed E-state index contributed by atoms with van der Waals surface area (Å²) in [6.07, 6.45) is 1.43. The highest BCUT2D eigenvalue weighted by Crippen LogP contribution is 2.30. The Balaban J connectivity index is 0.976. The third-order valence-electron chi connectivity index (χ3n) is 7.83. The summed E-state index contributed by atoms with van der Waals surface area (Å²) in [5, 5.41) is 16.1. The number of carbonyl (C=O) groups excluding carboxylic acids is 2. The summed E-state index contributed by atoms with van der Waals surface area (Å²) in [7, 11) is 0. The van der Waals surface area contributed by atoms with Gasteiger partial charge < -0.3 is 4.42 Å². The van der Waals surface area contributed by atoms with Crippen LogP contribution < -0.4 is 5.56 Å². The summed E-state index contributed by atoms with van der Waals surface area (Å²) < 4.78 is 20.7. The number of benzene rings is 4. The van der Waals surface area contributed by atoms with Crippen LogP contribution in [0.15, 0.2) is 99.4 Å². The molecule has 45 heavy (non-hydrogen) atoms. The van der Waals surface area contributed by atoms with Crippen LogP contribution in [0.2, 0.25) is 0 Å². The zero-order chi connectivity index (χ0) is 30.9. The topological polar surface area (TPSA) is 111 Å². The number of aromatic nitrogens is 4. The number of nitrogens with zero attached hydrogens (tertiary/aromatic N) is 5. The van der Waals surface area contributed by atoms with Crippen LogP contribution in [0.1, 0.15) is 44.3 Å². The molecule has 1 aliphatic heterocycles. The van der Waals surface area contributed by atoms with E-state index in [9.17, 15) is 18.8 Å². The number of fused-ring (bicyclic) bond motifs is 1. The molecule has 0 radical (unpaired) electrons. The average molecular weight is 620 g/mol. The third-order valence-corrected chi connectivity index (χ3v) is 8.63. The molecule has 0 saturated carbocycles. The minimum Gasteiger partial charge on any atom is -0.416 e. The van der Waals surface area contributed by atoms with Crippen LogP contribution in [0.4, 0.5) is 4.39 Å². The molecular formula is C34H26FN5O4S. The molecule has 1 aliphatic rings.